The standard InChI is InChI=1S/C32H34N2O5S/c1-37-29-19-22(4-5-24(29)21-33-12-2-3-13-33)18-28-27-11-8-25(35)20-30(27)40-31(28)23-6-9-26(10-7-23)39-32(36)34-14-16-38-17-15-34/h4-11,19-20,35H,2-3,12-18,21H2,1H3. The molecule has 4 aromatic rings. The van der Waals surface area contributed by atoms with Crippen molar-refractivity contribution in [3.8, 4) is 27.7 Å². The van der Waals surface area contributed by atoms with Crippen molar-refractivity contribution >= 4 is 27.5 Å². The molecule has 0 bridgehead atoms. The molecule has 2 aliphatic rings. The van der Waals surface area contributed by atoms with Crippen LogP contribution in [0.3, 0.4) is 0 Å². The topological polar surface area (TPSA) is 71.5 Å². The lowest BCUT2D eigenvalue weighted by Crippen LogP contribution is -2.42. The van der Waals surface area contributed by atoms with E-state index in [4.69, 9.17) is 14.2 Å². The molecule has 7 nitrogen and oxygen atoms in total. The van der Waals surface area contributed by atoms with E-state index in [0.717, 1.165) is 52.3 Å². The van der Waals surface area contributed by atoms with E-state index < -0.39 is 0 Å². The van der Waals surface area contributed by atoms with Gasteiger partial charge in [0.05, 0.1) is 20.3 Å². The van der Waals surface area contributed by atoms with Crippen LogP contribution in [0.5, 0.6) is 17.2 Å². The Morgan fingerprint density at radius 2 is 1.75 bits per heavy atom. The number of carbonyl (C=O) groups is 1. The maximum atomic E-state index is 12.5. The highest BCUT2D eigenvalue weighted by Crippen LogP contribution is 2.42. The Bertz CT molecular complexity index is 1490. The second-order valence-electron chi connectivity index (χ2n) is 10.4. The smallest absolute Gasteiger partial charge is 0.415 e. The number of fused-ring (bicyclic) bond motifs is 1. The molecule has 40 heavy (non-hydrogen) atoms. The van der Waals surface area contributed by atoms with Crippen LogP contribution in [-0.2, 0) is 17.7 Å². The van der Waals surface area contributed by atoms with E-state index in [2.05, 4.69) is 23.1 Å². The van der Waals surface area contributed by atoms with Crippen LogP contribution in [-0.4, -0.2) is 67.5 Å². The maximum Gasteiger partial charge on any atom is 0.415 e. The van der Waals surface area contributed by atoms with Crippen molar-refractivity contribution in [1.29, 1.82) is 0 Å². The third-order valence-electron chi connectivity index (χ3n) is 7.69. The van der Waals surface area contributed by atoms with Crippen molar-refractivity contribution < 1.29 is 24.1 Å². The molecule has 2 aliphatic heterocycles. The van der Waals surface area contributed by atoms with E-state index in [1.165, 1.54) is 29.5 Å². The molecule has 0 atom stereocenters. The van der Waals surface area contributed by atoms with Crippen LogP contribution in [0.25, 0.3) is 20.5 Å². The lowest BCUT2D eigenvalue weighted by molar-refractivity contribution is 0.0416. The molecular weight excluding hydrogens is 524 g/mol. The van der Waals surface area contributed by atoms with Crippen LogP contribution in [0.2, 0.25) is 0 Å². The zero-order chi connectivity index (χ0) is 27.5. The van der Waals surface area contributed by atoms with Gasteiger partial charge in [0, 0.05) is 34.8 Å². The highest BCUT2D eigenvalue weighted by atomic mass is 32.1. The minimum atomic E-state index is -0.351. The molecule has 0 aliphatic carbocycles. The summed E-state index contributed by atoms with van der Waals surface area (Å²) in [4.78, 5) is 17.8. The molecule has 208 valence electrons. The fourth-order valence-electron chi connectivity index (χ4n) is 5.55. The molecule has 0 radical (unpaired) electrons. The van der Waals surface area contributed by atoms with Crippen LogP contribution in [0.1, 0.15) is 29.5 Å². The Kier molecular flexibility index (Phi) is 7.91. The van der Waals surface area contributed by atoms with Gasteiger partial charge in [0.15, 0.2) is 0 Å². The molecule has 3 heterocycles. The number of hydrogen-bond acceptors (Lipinski definition) is 7. The number of phenolic OH excluding ortho intramolecular Hbond substituents is 1. The third kappa shape index (κ3) is 5.80. The zero-order valence-electron chi connectivity index (χ0n) is 22.7. The summed E-state index contributed by atoms with van der Waals surface area (Å²) in [7, 11) is 1.74. The van der Waals surface area contributed by atoms with Crippen molar-refractivity contribution in [2.75, 3.05) is 46.5 Å². The number of aromatic hydroxyl groups is 1. The minimum Gasteiger partial charge on any atom is -0.508 e. The van der Waals surface area contributed by atoms with Gasteiger partial charge in [0.25, 0.3) is 0 Å². The van der Waals surface area contributed by atoms with Gasteiger partial charge in [-0.15, -0.1) is 11.3 Å². The van der Waals surface area contributed by atoms with Crippen molar-refractivity contribution in [2.45, 2.75) is 25.8 Å². The first kappa shape index (κ1) is 26.6. The fraction of sp³-hybridized carbons (Fsp3) is 0.344. The van der Waals surface area contributed by atoms with E-state index in [1.54, 1.807) is 29.4 Å². The first-order valence-corrected chi connectivity index (χ1v) is 14.7. The quantitative estimate of drug-likeness (QED) is 0.287. The van der Waals surface area contributed by atoms with Crippen LogP contribution >= 0.6 is 11.3 Å². The molecule has 0 unspecified atom stereocenters. The van der Waals surface area contributed by atoms with E-state index in [1.807, 2.05) is 36.4 Å². The second-order valence-corrected chi connectivity index (χ2v) is 11.4. The number of morpholine rings is 1. The van der Waals surface area contributed by atoms with Crippen LogP contribution in [0.4, 0.5) is 4.79 Å². The van der Waals surface area contributed by atoms with E-state index in [0.29, 0.717) is 32.1 Å². The number of likely N-dealkylation sites (tertiary alicyclic amines) is 1. The predicted octanol–water partition coefficient (Wildman–Crippen LogP) is 6.30. The highest BCUT2D eigenvalue weighted by molar-refractivity contribution is 7.22. The summed E-state index contributed by atoms with van der Waals surface area (Å²) in [5, 5.41) is 11.3. The molecule has 2 saturated heterocycles. The number of phenols is 1. The molecule has 0 spiro atoms. The Balaban J connectivity index is 1.27. The molecule has 0 saturated carbocycles. The van der Waals surface area contributed by atoms with E-state index >= 15 is 0 Å². The van der Waals surface area contributed by atoms with Crippen molar-refractivity contribution in [2.24, 2.45) is 0 Å². The lowest BCUT2D eigenvalue weighted by Gasteiger charge is -2.25. The van der Waals surface area contributed by atoms with Crippen molar-refractivity contribution in [1.82, 2.24) is 9.80 Å². The lowest BCUT2D eigenvalue weighted by atomic mass is 9.97. The molecule has 1 N–H and O–H groups in total. The molecule has 2 fully saturated rings. The molecule has 8 heteroatoms. The molecule has 1 aromatic heterocycles. The summed E-state index contributed by atoms with van der Waals surface area (Å²) in [5.74, 6) is 1.69. The average Bonchev–Trinajstić information content (AvgIpc) is 3.62. The van der Waals surface area contributed by atoms with Crippen molar-refractivity contribution in [3.05, 3.63) is 77.4 Å². The number of amides is 1. The van der Waals surface area contributed by atoms with Gasteiger partial charge < -0.3 is 24.2 Å². The number of carbonyl (C=O) groups excluding carboxylic acids is 1. The number of rotatable bonds is 7. The second kappa shape index (κ2) is 11.9. The SMILES string of the molecule is COc1cc(Cc2c(-c3ccc(OC(=O)N4CCOCC4)cc3)sc3cc(O)ccc23)ccc1CN1CCCC1. The fourth-order valence-corrected chi connectivity index (χ4v) is 6.81. The summed E-state index contributed by atoms with van der Waals surface area (Å²) in [6.45, 7) is 5.35. The summed E-state index contributed by atoms with van der Waals surface area (Å²) in [5.41, 5.74) is 4.63. The van der Waals surface area contributed by atoms with Crippen LogP contribution < -0.4 is 9.47 Å². The first-order chi connectivity index (χ1) is 19.6. The minimum absolute atomic E-state index is 0.255. The van der Waals surface area contributed by atoms with E-state index in [-0.39, 0.29) is 11.8 Å². The van der Waals surface area contributed by atoms with Gasteiger partial charge in [-0.3, -0.25) is 4.90 Å². The van der Waals surface area contributed by atoms with Gasteiger partial charge in [-0.05, 0) is 103 Å². The predicted molar refractivity (Wildman–Crippen MR) is 158 cm³/mol. The molecular formula is C32H34N2O5S. The van der Waals surface area contributed by atoms with Gasteiger partial charge in [-0.2, -0.15) is 0 Å². The van der Waals surface area contributed by atoms with Gasteiger partial charge in [-0.1, -0.05) is 12.1 Å². The average molecular weight is 559 g/mol. The summed E-state index contributed by atoms with van der Waals surface area (Å²) >= 11 is 1.66. The number of hydrogen-bond donors (Lipinski definition) is 1. The number of thiophene rings is 1. The van der Waals surface area contributed by atoms with Gasteiger partial charge in [0.2, 0.25) is 0 Å². The Morgan fingerprint density at radius 3 is 2.50 bits per heavy atom. The van der Waals surface area contributed by atoms with Crippen LogP contribution in [0.15, 0.2) is 60.7 Å². The summed E-state index contributed by atoms with van der Waals surface area (Å²) in [6, 6.07) is 19.8. The van der Waals surface area contributed by atoms with Crippen LogP contribution in [0, 0.1) is 0 Å². The monoisotopic (exact) mass is 558 g/mol. The zero-order valence-corrected chi connectivity index (χ0v) is 23.5. The summed E-state index contributed by atoms with van der Waals surface area (Å²) < 4.78 is 17.8. The van der Waals surface area contributed by atoms with Gasteiger partial charge in [-0.25, -0.2) is 4.79 Å². The Hall–Kier alpha value is -3.59. The molecule has 6 rings (SSSR count). The van der Waals surface area contributed by atoms with E-state index in [9.17, 15) is 9.90 Å². The van der Waals surface area contributed by atoms with Gasteiger partial charge >= 0.3 is 6.09 Å². The number of ether oxygens (including phenoxy) is 3. The summed E-state index contributed by atoms with van der Waals surface area (Å²) in [6.07, 6.45) is 2.91. The van der Waals surface area contributed by atoms with Crippen molar-refractivity contribution in [3.63, 3.8) is 0 Å². The Morgan fingerprint density at radius 1 is 0.975 bits per heavy atom. The first-order valence-electron chi connectivity index (χ1n) is 13.8. The number of benzene rings is 3. The normalized spacial score (nSPS) is 16.0. The maximum absolute atomic E-state index is 12.5. The Labute approximate surface area is 238 Å². The largest absolute Gasteiger partial charge is 0.508 e. The van der Waals surface area contributed by atoms with Gasteiger partial charge in [0.1, 0.15) is 17.2 Å². The third-order valence-corrected chi connectivity index (χ3v) is 8.94. The highest BCUT2D eigenvalue weighted by Gasteiger charge is 2.20. The number of nitrogens with zero attached hydrogens (tertiary/aromatic N) is 2. The molecule has 1 amide bonds. The molecule has 3 aromatic carbocycles. The number of methoxy groups -OCH3 is 1.